The zero-order valence-corrected chi connectivity index (χ0v) is 11.7. The van der Waals surface area contributed by atoms with Gasteiger partial charge in [0, 0.05) is 32.7 Å². The topological polar surface area (TPSA) is 48.5 Å². The summed E-state index contributed by atoms with van der Waals surface area (Å²) in [5.41, 5.74) is 0.531. The first-order chi connectivity index (χ1) is 9.24. The van der Waals surface area contributed by atoms with E-state index in [1.54, 1.807) is 6.07 Å². The van der Waals surface area contributed by atoms with Gasteiger partial charge in [0.2, 0.25) is 0 Å². The van der Waals surface area contributed by atoms with Crippen LogP contribution in [-0.4, -0.2) is 60.0 Å². The molecule has 1 aliphatic heterocycles. The minimum atomic E-state index is 0.0375. The van der Waals surface area contributed by atoms with Gasteiger partial charge in [-0.25, -0.2) is 4.98 Å². The maximum absolute atomic E-state index is 12.4. The number of nitrogens with zero attached hydrogens (tertiary/aromatic N) is 3. The molecule has 0 aromatic carbocycles. The molecule has 0 spiro atoms. The van der Waals surface area contributed by atoms with Crippen molar-refractivity contribution in [1.29, 1.82) is 0 Å². The van der Waals surface area contributed by atoms with Gasteiger partial charge >= 0.3 is 0 Å². The number of pyridine rings is 1. The Morgan fingerprint density at radius 1 is 1.26 bits per heavy atom. The van der Waals surface area contributed by atoms with E-state index in [9.17, 15) is 4.79 Å². The predicted octanol–water partition coefficient (Wildman–Crippen LogP) is 1.29. The van der Waals surface area contributed by atoms with E-state index in [2.05, 4.69) is 22.1 Å². The molecule has 1 aliphatic rings. The average molecular weight is 262 g/mol. The minimum absolute atomic E-state index is 0.0375. The molecule has 19 heavy (non-hydrogen) atoms. The van der Waals surface area contributed by atoms with Crippen molar-refractivity contribution in [2.45, 2.75) is 13.8 Å². The molecule has 1 aromatic rings. The normalized spacial score (nSPS) is 16.4. The molecule has 5 nitrogen and oxygen atoms in total. The standard InChI is InChI=1S/C14H22N4O/c1-3-15-13-7-5-6-12(16-13)14(19)18-10-8-17(4-2)9-11-18/h5-7H,3-4,8-11H2,1-2H3,(H,15,16). The first kappa shape index (κ1) is 13.8. The van der Waals surface area contributed by atoms with Gasteiger partial charge in [0.1, 0.15) is 11.5 Å². The quantitative estimate of drug-likeness (QED) is 0.888. The zero-order chi connectivity index (χ0) is 13.7. The van der Waals surface area contributed by atoms with Crippen molar-refractivity contribution in [3.8, 4) is 0 Å². The maximum atomic E-state index is 12.4. The third-order valence-corrected chi connectivity index (χ3v) is 3.43. The first-order valence-electron chi connectivity index (χ1n) is 6.97. The lowest BCUT2D eigenvalue weighted by atomic mass is 10.2. The van der Waals surface area contributed by atoms with Gasteiger partial charge in [-0.15, -0.1) is 0 Å². The Kier molecular flexibility index (Phi) is 4.74. The van der Waals surface area contributed by atoms with Gasteiger partial charge in [0.25, 0.3) is 5.91 Å². The molecule has 0 aliphatic carbocycles. The van der Waals surface area contributed by atoms with E-state index in [4.69, 9.17) is 0 Å². The molecule has 0 atom stereocenters. The monoisotopic (exact) mass is 262 g/mol. The number of anilines is 1. The third-order valence-electron chi connectivity index (χ3n) is 3.43. The largest absolute Gasteiger partial charge is 0.370 e. The highest BCUT2D eigenvalue weighted by Gasteiger charge is 2.22. The van der Waals surface area contributed by atoms with Crippen LogP contribution in [0.15, 0.2) is 18.2 Å². The Balaban J connectivity index is 2.01. The summed E-state index contributed by atoms with van der Waals surface area (Å²) in [6.45, 7) is 9.51. The number of hydrogen-bond donors (Lipinski definition) is 1. The lowest BCUT2D eigenvalue weighted by Crippen LogP contribution is -2.48. The highest BCUT2D eigenvalue weighted by atomic mass is 16.2. The summed E-state index contributed by atoms with van der Waals surface area (Å²) in [5.74, 6) is 0.802. The highest BCUT2D eigenvalue weighted by molar-refractivity contribution is 5.92. The Hall–Kier alpha value is -1.62. The molecular weight excluding hydrogens is 240 g/mol. The van der Waals surface area contributed by atoms with Crippen LogP contribution in [0.2, 0.25) is 0 Å². The molecule has 0 radical (unpaired) electrons. The Labute approximate surface area is 114 Å². The third kappa shape index (κ3) is 3.44. The molecule has 1 aromatic heterocycles. The molecule has 0 unspecified atom stereocenters. The molecule has 0 saturated carbocycles. The van der Waals surface area contributed by atoms with Crippen LogP contribution in [0.25, 0.3) is 0 Å². The summed E-state index contributed by atoms with van der Waals surface area (Å²) in [6.07, 6.45) is 0. The summed E-state index contributed by atoms with van der Waals surface area (Å²) >= 11 is 0. The van der Waals surface area contributed by atoms with Gasteiger partial charge in [-0.3, -0.25) is 4.79 Å². The van der Waals surface area contributed by atoms with E-state index >= 15 is 0 Å². The van der Waals surface area contributed by atoms with Crippen molar-refractivity contribution in [3.05, 3.63) is 23.9 Å². The second kappa shape index (κ2) is 6.52. The molecule has 2 rings (SSSR count). The molecular formula is C14H22N4O. The SMILES string of the molecule is CCNc1cccc(C(=O)N2CCN(CC)CC2)n1. The van der Waals surface area contributed by atoms with Crippen LogP contribution in [-0.2, 0) is 0 Å². The van der Waals surface area contributed by atoms with Crippen LogP contribution in [0, 0.1) is 0 Å². The highest BCUT2D eigenvalue weighted by Crippen LogP contribution is 2.10. The number of likely N-dealkylation sites (N-methyl/N-ethyl adjacent to an activating group) is 1. The van der Waals surface area contributed by atoms with E-state index in [1.165, 1.54) is 0 Å². The van der Waals surface area contributed by atoms with E-state index in [0.717, 1.165) is 45.1 Å². The second-order valence-corrected chi connectivity index (χ2v) is 4.66. The summed E-state index contributed by atoms with van der Waals surface area (Å²) in [5, 5.41) is 3.13. The molecule has 2 heterocycles. The minimum Gasteiger partial charge on any atom is -0.370 e. The van der Waals surface area contributed by atoms with Crippen LogP contribution in [0.1, 0.15) is 24.3 Å². The lowest BCUT2D eigenvalue weighted by molar-refractivity contribution is 0.0638. The van der Waals surface area contributed by atoms with Crippen molar-refractivity contribution in [1.82, 2.24) is 14.8 Å². The van der Waals surface area contributed by atoms with Gasteiger partial charge in [0.15, 0.2) is 0 Å². The number of amides is 1. The average Bonchev–Trinajstić information content (AvgIpc) is 2.47. The Bertz CT molecular complexity index is 427. The smallest absolute Gasteiger partial charge is 0.272 e. The van der Waals surface area contributed by atoms with Crippen molar-refractivity contribution >= 4 is 11.7 Å². The van der Waals surface area contributed by atoms with E-state index in [0.29, 0.717) is 5.69 Å². The van der Waals surface area contributed by atoms with Gasteiger partial charge < -0.3 is 15.1 Å². The number of carbonyl (C=O) groups excluding carboxylic acids is 1. The number of hydrogen-bond acceptors (Lipinski definition) is 4. The maximum Gasteiger partial charge on any atom is 0.272 e. The fourth-order valence-electron chi connectivity index (χ4n) is 2.26. The van der Waals surface area contributed by atoms with Gasteiger partial charge in [0.05, 0.1) is 0 Å². The van der Waals surface area contributed by atoms with Crippen LogP contribution in [0.5, 0.6) is 0 Å². The number of rotatable bonds is 4. The Morgan fingerprint density at radius 2 is 2.00 bits per heavy atom. The summed E-state index contributed by atoms with van der Waals surface area (Å²) in [7, 11) is 0. The molecule has 1 saturated heterocycles. The number of nitrogens with one attached hydrogen (secondary N) is 1. The van der Waals surface area contributed by atoms with E-state index < -0.39 is 0 Å². The number of carbonyl (C=O) groups is 1. The molecule has 104 valence electrons. The lowest BCUT2D eigenvalue weighted by Gasteiger charge is -2.33. The van der Waals surface area contributed by atoms with Crippen molar-refractivity contribution < 1.29 is 4.79 Å². The van der Waals surface area contributed by atoms with E-state index in [1.807, 2.05) is 24.0 Å². The molecule has 0 bridgehead atoms. The molecule has 1 fully saturated rings. The summed E-state index contributed by atoms with van der Waals surface area (Å²) in [6, 6.07) is 5.55. The van der Waals surface area contributed by atoms with Gasteiger partial charge in [-0.1, -0.05) is 13.0 Å². The zero-order valence-electron chi connectivity index (χ0n) is 11.7. The molecule has 5 heteroatoms. The fraction of sp³-hybridized carbons (Fsp3) is 0.571. The van der Waals surface area contributed by atoms with E-state index in [-0.39, 0.29) is 5.91 Å². The van der Waals surface area contributed by atoms with Gasteiger partial charge in [-0.2, -0.15) is 0 Å². The Morgan fingerprint density at radius 3 is 2.63 bits per heavy atom. The number of piperazine rings is 1. The summed E-state index contributed by atoms with van der Waals surface area (Å²) < 4.78 is 0. The number of aromatic nitrogens is 1. The second-order valence-electron chi connectivity index (χ2n) is 4.66. The van der Waals surface area contributed by atoms with Crippen molar-refractivity contribution in [2.24, 2.45) is 0 Å². The van der Waals surface area contributed by atoms with Crippen LogP contribution in [0.4, 0.5) is 5.82 Å². The van der Waals surface area contributed by atoms with Gasteiger partial charge in [-0.05, 0) is 25.6 Å². The van der Waals surface area contributed by atoms with Crippen molar-refractivity contribution in [3.63, 3.8) is 0 Å². The predicted molar refractivity (Wildman–Crippen MR) is 76.4 cm³/mol. The van der Waals surface area contributed by atoms with Crippen LogP contribution < -0.4 is 5.32 Å². The molecule has 1 N–H and O–H groups in total. The van der Waals surface area contributed by atoms with Crippen LogP contribution in [0.3, 0.4) is 0 Å². The summed E-state index contributed by atoms with van der Waals surface area (Å²) in [4.78, 5) is 21.0. The van der Waals surface area contributed by atoms with Crippen molar-refractivity contribution in [2.75, 3.05) is 44.6 Å². The first-order valence-corrected chi connectivity index (χ1v) is 6.97. The fourth-order valence-corrected chi connectivity index (χ4v) is 2.26. The van der Waals surface area contributed by atoms with Crippen LogP contribution >= 0.6 is 0 Å². The molecule has 1 amide bonds.